The fourth-order valence-electron chi connectivity index (χ4n) is 5.75. The minimum absolute atomic E-state index is 0.0571. The van der Waals surface area contributed by atoms with Gasteiger partial charge >= 0.3 is 0 Å². The number of morpholine rings is 1. The van der Waals surface area contributed by atoms with E-state index in [1.807, 2.05) is 28.8 Å². The molecule has 0 saturated carbocycles. The van der Waals surface area contributed by atoms with E-state index in [9.17, 15) is 8.78 Å². The summed E-state index contributed by atoms with van der Waals surface area (Å²) in [7, 11) is 0. The predicted molar refractivity (Wildman–Crippen MR) is 143 cm³/mol. The fourth-order valence-corrected chi connectivity index (χ4v) is 5.75. The average molecular weight is 512 g/mol. The number of aryl methyl sites for hydroxylation is 1. The Kier molecular flexibility index (Phi) is 5.51. The fraction of sp³-hybridized carbons (Fsp3) is 0.267. The summed E-state index contributed by atoms with van der Waals surface area (Å²) in [6.07, 6.45) is 4.73. The molecule has 2 aliphatic heterocycles. The smallest absolute Gasteiger partial charge is 0.152 e. The molecule has 0 amide bonds. The van der Waals surface area contributed by atoms with Gasteiger partial charge in [-0.05, 0) is 60.8 Å². The normalized spacial score (nSPS) is 21.6. The summed E-state index contributed by atoms with van der Waals surface area (Å²) in [5, 5.41) is 7.48. The monoisotopic (exact) mass is 511 g/mol. The van der Waals surface area contributed by atoms with Crippen molar-refractivity contribution in [2.75, 3.05) is 26.2 Å². The molecule has 0 bridgehead atoms. The highest BCUT2D eigenvalue weighted by Gasteiger charge is 2.39. The van der Waals surface area contributed by atoms with E-state index < -0.39 is 11.6 Å². The molecule has 192 valence electrons. The van der Waals surface area contributed by atoms with Crippen LogP contribution in [0.15, 0.2) is 67.0 Å². The summed E-state index contributed by atoms with van der Waals surface area (Å²) < 4.78 is 36.8. The van der Waals surface area contributed by atoms with E-state index in [0.29, 0.717) is 23.3 Å². The van der Waals surface area contributed by atoms with Gasteiger partial charge in [-0.2, -0.15) is 0 Å². The van der Waals surface area contributed by atoms with Gasteiger partial charge in [-0.25, -0.2) is 18.7 Å². The Hall–Kier alpha value is -3.72. The number of benzene rings is 2. The number of imidazole rings is 1. The summed E-state index contributed by atoms with van der Waals surface area (Å²) in [6, 6.07) is 16.8. The molecule has 2 atom stereocenters. The van der Waals surface area contributed by atoms with Crippen LogP contribution >= 0.6 is 0 Å². The number of aromatic nitrogens is 3. The van der Waals surface area contributed by atoms with Crippen LogP contribution in [0.5, 0.6) is 0 Å². The summed E-state index contributed by atoms with van der Waals surface area (Å²) >= 11 is 0. The third-order valence-corrected chi connectivity index (χ3v) is 7.83. The second kappa shape index (κ2) is 8.94. The summed E-state index contributed by atoms with van der Waals surface area (Å²) in [6.45, 7) is 5.25. The Bertz CT molecular complexity index is 1660. The first-order valence-electron chi connectivity index (χ1n) is 12.9. The Labute approximate surface area is 218 Å². The van der Waals surface area contributed by atoms with E-state index in [1.54, 1.807) is 13.1 Å². The minimum Gasteiger partial charge on any atom is -0.370 e. The molecule has 6 nitrogen and oxygen atoms in total. The number of nitrogens with zero attached hydrogens (tertiary/aromatic N) is 3. The van der Waals surface area contributed by atoms with Gasteiger partial charge in [0.1, 0.15) is 17.0 Å². The van der Waals surface area contributed by atoms with Crippen LogP contribution in [0.4, 0.5) is 8.78 Å². The first-order valence-corrected chi connectivity index (χ1v) is 12.9. The van der Waals surface area contributed by atoms with Gasteiger partial charge in [-0.15, -0.1) is 0 Å². The van der Waals surface area contributed by atoms with Gasteiger partial charge in [0.25, 0.3) is 0 Å². The van der Waals surface area contributed by atoms with Gasteiger partial charge in [0.05, 0.1) is 30.1 Å². The molecule has 2 N–H and O–H groups in total. The third kappa shape index (κ3) is 3.96. The molecular weight excluding hydrogens is 484 g/mol. The zero-order valence-corrected chi connectivity index (χ0v) is 21.0. The number of hydrogen-bond donors (Lipinski definition) is 2. The van der Waals surface area contributed by atoms with Crippen LogP contribution in [-0.4, -0.2) is 46.2 Å². The van der Waals surface area contributed by atoms with Crippen molar-refractivity contribution in [3.8, 4) is 22.4 Å². The van der Waals surface area contributed by atoms with Gasteiger partial charge in [0.15, 0.2) is 5.82 Å². The summed E-state index contributed by atoms with van der Waals surface area (Å²) in [5.41, 5.74) is 6.27. The van der Waals surface area contributed by atoms with Crippen molar-refractivity contribution in [1.82, 2.24) is 25.0 Å². The van der Waals surface area contributed by atoms with Crippen LogP contribution in [0, 0.1) is 18.6 Å². The molecule has 8 heteroatoms. The second-order valence-corrected chi connectivity index (χ2v) is 10.4. The molecule has 7 rings (SSSR count). The van der Waals surface area contributed by atoms with Gasteiger partial charge in [0.2, 0.25) is 0 Å². The number of fused-ring (bicyclic) bond motifs is 2. The number of halogens is 2. The SMILES string of the molecule is Cc1cc(-c2cnc3cc(-c4ccc(C5COC6(CCNC6)CN5)cc4)ccn23)c2cc(F)cc(F)c2n1. The van der Waals surface area contributed by atoms with Crippen molar-refractivity contribution in [2.45, 2.75) is 25.0 Å². The molecule has 2 fully saturated rings. The molecular formula is C30H27F2N5O. The molecule has 5 aromatic rings. The van der Waals surface area contributed by atoms with E-state index in [2.05, 4.69) is 44.9 Å². The van der Waals surface area contributed by atoms with Crippen molar-refractivity contribution < 1.29 is 13.5 Å². The Morgan fingerprint density at radius 3 is 2.66 bits per heavy atom. The Morgan fingerprint density at radius 2 is 1.89 bits per heavy atom. The zero-order chi connectivity index (χ0) is 25.9. The van der Waals surface area contributed by atoms with E-state index in [-0.39, 0.29) is 17.2 Å². The van der Waals surface area contributed by atoms with Crippen molar-refractivity contribution >= 4 is 16.6 Å². The number of pyridine rings is 2. The van der Waals surface area contributed by atoms with Crippen LogP contribution in [0.2, 0.25) is 0 Å². The summed E-state index contributed by atoms with van der Waals surface area (Å²) in [4.78, 5) is 8.91. The average Bonchev–Trinajstić information content (AvgIpc) is 3.56. The zero-order valence-electron chi connectivity index (χ0n) is 21.0. The van der Waals surface area contributed by atoms with E-state index in [4.69, 9.17) is 4.74 Å². The molecule has 0 aliphatic carbocycles. The minimum atomic E-state index is -0.672. The van der Waals surface area contributed by atoms with E-state index in [1.165, 1.54) is 11.6 Å². The molecule has 2 aromatic carbocycles. The topological polar surface area (TPSA) is 63.5 Å². The highest BCUT2D eigenvalue weighted by atomic mass is 19.1. The maximum atomic E-state index is 14.5. The lowest BCUT2D eigenvalue weighted by atomic mass is 9.96. The predicted octanol–water partition coefficient (Wildman–Crippen LogP) is 5.20. The highest BCUT2D eigenvalue weighted by molar-refractivity contribution is 5.94. The number of hydrogen-bond acceptors (Lipinski definition) is 5. The van der Waals surface area contributed by atoms with Crippen molar-refractivity contribution in [2.24, 2.45) is 0 Å². The van der Waals surface area contributed by atoms with E-state index >= 15 is 0 Å². The van der Waals surface area contributed by atoms with Gasteiger partial charge in [0, 0.05) is 42.0 Å². The molecule has 38 heavy (non-hydrogen) atoms. The first-order chi connectivity index (χ1) is 18.5. The van der Waals surface area contributed by atoms with Crippen LogP contribution in [-0.2, 0) is 4.74 Å². The quantitative estimate of drug-likeness (QED) is 0.349. The Morgan fingerprint density at radius 1 is 1.03 bits per heavy atom. The molecule has 5 heterocycles. The molecule has 2 unspecified atom stereocenters. The maximum Gasteiger partial charge on any atom is 0.152 e. The van der Waals surface area contributed by atoms with Crippen LogP contribution in [0.25, 0.3) is 38.9 Å². The molecule has 0 radical (unpaired) electrons. The lowest BCUT2D eigenvalue weighted by Crippen LogP contribution is -2.52. The van der Waals surface area contributed by atoms with Crippen LogP contribution in [0.1, 0.15) is 23.7 Å². The lowest BCUT2D eigenvalue weighted by molar-refractivity contribution is -0.0700. The van der Waals surface area contributed by atoms with Crippen molar-refractivity contribution in [3.63, 3.8) is 0 Å². The van der Waals surface area contributed by atoms with Gasteiger partial charge in [-0.1, -0.05) is 24.3 Å². The second-order valence-electron chi connectivity index (χ2n) is 10.4. The first kappa shape index (κ1) is 23.4. The lowest BCUT2D eigenvalue weighted by Gasteiger charge is -2.38. The number of nitrogens with one attached hydrogen (secondary N) is 2. The number of ether oxygens (including phenoxy) is 1. The third-order valence-electron chi connectivity index (χ3n) is 7.83. The summed E-state index contributed by atoms with van der Waals surface area (Å²) in [5.74, 6) is -1.30. The van der Waals surface area contributed by atoms with E-state index in [0.717, 1.165) is 54.6 Å². The van der Waals surface area contributed by atoms with Crippen molar-refractivity contribution in [1.29, 1.82) is 0 Å². The van der Waals surface area contributed by atoms with Crippen LogP contribution in [0.3, 0.4) is 0 Å². The van der Waals surface area contributed by atoms with Gasteiger partial charge < -0.3 is 15.4 Å². The highest BCUT2D eigenvalue weighted by Crippen LogP contribution is 2.33. The molecule has 2 saturated heterocycles. The molecule has 1 spiro atoms. The van der Waals surface area contributed by atoms with Crippen LogP contribution < -0.4 is 10.6 Å². The molecule has 3 aromatic heterocycles. The number of rotatable bonds is 3. The standard InChI is InChI=1S/C30H27F2N5O/c1-18-10-23(24-12-22(31)13-25(32)29(24)36-18)27-14-34-28-11-21(6-9-37(27)28)19-2-4-20(5-3-19)26-15-38-30(17-35-26)7-8-33-16-30/h2-6,9-14,26,33,35H,7-8,15-17H2,1H3. The largest absolute Gasteiger partial charge is 0.370 e. The van der Waals surface area contributed by atoms with Crippen molar-refractivity contribution in [3.05, 3.63) is 89.9 Å². The maximum absolute atomic E-state index is 14.5. The molecule has 2 aliphatic rings. The van der Waals surface area contributed by atoms with Gasteiger partial charge in [-0.3, -0.25) is 4.40 Å². The Balaban J connectivity index is 1.18.